The molecule has 0 saturated heterocycles. The second kappa shape index (κ2) is 6.82. The molecule has 5 nitrogen and oxygen atoms in total. The molecule has 0 bridgehead atoms. The first kappa shape index (κ1) is 17.4. The third kappa shape index (κ3) is 3.23. The molecule has 1 aromatic carbocycles. The lowest BCUT2D eigenvalue weighted by molar-refractivity contribution is 0.656. The summed E-state index contributed by atoms with van der Waals surface area (Å²) in [4.78, 5) is 9.27. The number of benzene rings is 1. The Balaban J connectivity index is 2.19. The van der Waals surface area contributed by atoms with E-state index in [1.165, 1.54) is 22.3 Å². The van der Waals surface area contributed by atoms with Crippen molar-refractivity contribution < 1.29 is 0 Å². The van der Waals surface area contributed by atoms with Crippen LogP contribution in [0.15, 0.2) is 18.3 Å². The van der Waals surface area contributed by atoms with E-state index >= 15 is 0 Å². The molecule has 0 atom stereocenters. The van der Waals surface area contributed by atoms with Gasteiger partial charge in [0.15, 0.2) is 5.65 Å². The quantitative estimate of drug-likeness (QED) is 0.738. The Kier molecular flexibility index (Phi) is 4.75. The summed E-state index contributed by atoms with van der Waals surface area (Å²) in [5, 5.41) is 8.11. The third-order valence-corrected chi connectivity index (χ3v) is 4.75. The molecule has 0 fully saturated rings. The zero-order chi connectivity index (χ0) is 18.1. The minimum Gasteiger partial charge on any atom is -0.351 e. The van der Waals surface area contributed by atoms with Crippen molar-refractivity contribution in [1.82, 2.24) is 19.6 Å². The van der Waals surface area contributed by atoms with E-state index in [1.54, 1.807) is 0 Å². The standard InChI is InChI=1S/C20H27N5/c1-7-16(8-2)24-20-23-15(6)22-19-17(11-21-25(19)20)18-13(4)9-12(3)10-14(18)5/h9-11,16H,7-8H2,1-6H3,(H,22,23,24). The van der Waals surface area contributed by atoms with Gasteiger partial charge in [-0.05, 0) is 57.2 Å². The minimum atomic E-state index is 0.382. The Morgan fingerprint density at radius 3 is 2.24 bits per heavy atom. The largest absolute Gasteiger partial charge is 0.351 e. The molecular weight excluding hydrogens is 310 g/mol. The van der Waals surface area contributed by atoms with Crippen LogP contribution in [0.2, 0.25) is 0 Å². The van der Waals surface area contributed by atoms with E-state index < -0.39 is 0 Å². The number of hydrogen-bond donors (Lipinski definition) is 1. The molecular formula is C20H27N5. The Morgan fingerprint density at radius 2 is 1.64 bits per heavy atom. The van der Waals surface area contributed by atoms with Gasteiger partial charge in [-0.3, -0.25) is 0 Å². The molecule has 2 aromatic heterocycles. The molecule has 3 aromatic rings. The summed E-state index contributed by atoms with van der Waals surface area (Å²) in [5.41, 5.74) is 6.91. The summed E-state index contributed by atoms with van der Waals surface area (Å²) >= 11 is 0. The minimum absolute atomic E-state index is 0.382. The van der Waals surface area contributed by atoms with Crippen LogP contribution in [-0.4, -0.2) is 25.6 Å². The number of aromatic nitrogens is 4. The van der Waals surface area contributed by atoms with Crippen LogP contribution in [0.3, 0.4) is 0 Å². The Labute approximate surface area is 149 Å². The summed E-state index contributed by atoms with van der Waals surface area (Å²) in [7, 11) is 0. The molecule has 5 heteroatoms. The van der Waals surface area contributed by atoms with Crippen LogP contribution in [0.25, 0.3) is 16.8 Å². The molecule has 132 valence electrons. The smallest absolute Gasteiger partial charge is 0.227 e. The van der Waals surface area contributed by atoms with E-state index in [2.05, 4.69) is 67.1 Å². The Bertz CT molecular complexity index is 883. The fraction of sp³-hybridized carbons (Fsp3) is 0.450. The predicted molar refractivity (Wildman–Crippen MR) is 103 cm³/mol. The number of anilines is 1. The summed E-state index contributed by atoms with van der Waals surface area (Å²) in [6.07, 6.45) is 4.00. The molecule has 0 unspecified atom stereocenters. The van der Waals surface area contributed by atoms with E-state index in [0.717, 1.165) is 35.8 Å². The van der Waals surface area contributed by atoms with Gasteiger partial charge < -0.3 is 5.32 Å². The highest BCUT2D eigenvalue weighted by Crippen LogP contribution is 2.31. The molecule has 0 aliphatic rings. The van der Waals surface area contributed by atoms with E-state index in [1.807, 2.05) is 17.6 Å². The van der Waals surface area contributed by atoms with Crippen LogP contribution in [0.4, 0.5) is 5.95 Å². The first-order valence-electron chi connectivity index (χ1n) is 9.01. The SMILES string of the molecule is CCC(CC)Nc1nc(C)nc2c(-c3c(C)cc(C)cc3C)cnn12. The topological polar surface area (TPSA) is 55.1 Å². The van der Waals surface area contributed by atoms with Crippen molar-refractivity contribution in [2.45, 2.75) is 60.4 Å². The third-order valence-electron chi connectivity index (χ3n) is 4.75. The second-order valence-electron chi connectivity index (χ2n) is 6.82. The van der Waals surface area contributed by atoms with Gasteiger partial charge in [0.1, 0.15) is 5.82 Å². The van der Waals surface area contributed by atoms with Gasteiger partial charge in [0, 0.05) is 11.6 Å². The van der Waals surface area contributed by atoms with Gasteiger partial charge >= 0.3 is 0 Å². The molecule has 0 spiro atoms. The summed E-state index contributed by atoms with van der Waals surface area (Å²) in [6.45, 7) is 12.7. The summed E-state index contributed by atoms with van der Waals surface area (Å²) in [5.74, 6) is 1.52. The molecule has 0 amide bonds. The van der Waals surface area contributed by atoms with Crippen LogP contribution >= 0.6 is 0 Å². The molecule has 1 N–H and O–H groups in total. The second-order valence-corrected chi connectivity index (χ2v) is 6.82. The first-order valence-corrected chi connectivity index (χ1v) is 9.01. The van der Waals surface area contributed by atoms with E-state index in [-0.39, 0.29) is 0 Å². The van der Waals surface area contributed by atoms with Gasteiger partial charge in [-0.25, -0.2) is 4.98 Å². The normalized spacial score (nSPS) is 11.5. The van der Waals surface area contributed by atoms with Crippen LogP contribution < -0.4 is 5.32 Å². The lowest BCUT2D eigenvalue weighted by Gasteiger charge is -2.16. The zero-order valence-corrected chi connectivity index (χ0v) is 16.0. The highest BCUT2D eigenvalue weighted by molar-refractivity contribution is 5.82. The summed E-state index contributed by atoms with van der Waals surface area (Å²) < 4.78 is 1.83. The molecule has 0 aliphatic carbocycles. The average molecular weight is 337 g/mol. The lowest BCUT2D eigenvalue weighted by atomic mass is 9.95. The van der Waals surface area contributed by atoms with Gasteiger partial charge in [-0.15, -0.1) is 0 Å². The predicted octanol–water partition coefficient (Wildman–Crippen LogP) is 4.63. The Morgan fingerprint density at radius 1 is 1.00 bits per heavy atom. The van der Waals surface area contributed by atoms with Crippen molar-refractivity contribution in [2.75, 3.05) is 5.32 Å². The maximum absolute atomic E-state index is 4.69. The molecule has 0 radical (unpaired) electrons. The highest BCUT2D eigenvalue weighted by atomic mass is 15.3. The molecule has 0 saturated carbocycles. The number of aryl methyl sites for hydroxylation is 4. The maximum Gasteiger partial charge on any atom is 0.227 e. The van der Waals surface area contributed by atoms with Crippen molar-refractivity contribution in [3.05, 3.63) is 40.8 Å². The average Bonchev–Trinajstić information content (AvgIpc) is 2.95. The van der Waals surface area contributed by atoms with Crippen LogP contribution in [-0.2, 0) is 0 Å². The van der Waals surface area contributed by atoms with Gasteiger partial charge in [0.25, 0.3) is 0 Å². The fourth-order valence-electron chi connectivity index (χ4n) is 3.53. The van der Waals surface area contributed by atoms with E-state index in [9.17, 15) is 0 Å². The van der Waals surface area contributed by atoms with Gasteiger partial charge in [0.05, 0.1) is 6.20 Å². The Hall–Kier alpha value is -2.43. The number of nitrogens with zero attached hydrogens (tertiary/aromatic N) is 4. The lowest BCUT2D eigenvalue weighted by Crippen LogP contribution is -2.21. The van der Waals surface area contributed by atoms with Crippen LogP contribution in [0.1, 0.15) is 49.2 Å². The van der Waals surface area contributed by atoms with Crippen molar-refractivity contribution in [3.63, 3.8) is 0 Å². The van der Waals surface area contributed by atoms with Crippen molar-refractivity contribution >= 4 is 11.6 Å². The van der Waals surface area contributed by atoms with Gasteiger partial charge in [-0.2, -0.15) is 14.6 Å². The van der Waals surface area contributed by atoms with E-state index in [4.69, 9.17) is 0 Å². The molecule has 2 heterocycles. The highest BCUT2D eigenvalue weighted by Gasteiger charge is 2.17. The maximum atomic E-state index is 4.69. The van der Waals surface area contributed by atoms with Crippen LogP contribution in [0.5, 0.6) is 0 Å². The van der Waals surface area contributed by atoms with Crippen LogP contribution in [0, 0.1) is 27.7 Å². The fourth-order valence-corrected chi connectivity index (χ4v) is 3.53. The molecule has 3 rings (SSSR count). The molecule has 25 heavy (non-hydrogen) atoms. The number of hydrogen-bond acceptors (Lipinski definition) is 4. The first-order chi connectivity index (χ1) is 11.9. The number of rotatable bonds is 5. The van der Waals surface area contributed by atoms with Crippen molar-refractivity contribution in [1.29, 1.82) is 0 Å². The van der Waals surface area contributed by atoms with E-state index in [0.29, 0.717) is 6.04 Å². The monoisotopic (exact) mass is 337 g/mol. The molecule has 0 aliphatic heterocycles. The number of nitrogens with one attached hydrogen (secondary N) is 1. The summed E-state index contributed by atoms with van der Waals surface area (Å²) in [6, 6.07) is 4.81. The van der Waals surface area contributed by atoms with Gasteiger partial charge in [0.2, 0.25) is 5.95 Å². The number of fused-ring (bicyclic) bond motifs is 1. The zero-order valence-electron chi connectivity index (χ0n) is 16.0. The van der Waals surface area contributed by atoms with Gasteiger partial charge in [-0.1, -0.05) is 31.5 Å². The van der Waals surface area contributed by atoms with Crippen molar-refractivity contribution in [3.8, 4) is 11.1 Å². The van der Waals surface area contributed by atoms with Crippen molar-refractivity contribution in [2.24, 2.45) is 0 Å².